The van der Waals surface area contributed by atoms with Crippen LogP contribution in [0, 0.1) is 5.92 Å². The first-order valence-corrected chi connectivity index (χ1v) is 6.35. The largest absolute Gasteiger partial charge is 0.469 e. The molecule has 100 valence electrons. The van der Waals surface area contributed by atoms with Gasteiger partial charge >= 0.3 is 5.97 Å². The third-order valence-corrected chi connectivity index (χ3v) is 3.41. The maximum Gasteiger partial charge on any atom is 0.311 e. The molecule has 0 saturated heterocycles. The SMILES string of the molecule is CCC(C(=O)OC)C(C)(O)CCc1ccccc1. The molecule has 1 rings (SSSR count). The van der Waals surface area contributed by atoms with Crippen molar-refractivity contribution in [1.29, 1.82) is 0 Å². The second-order valence-electron chi connectivity index (χ2n) is 4.83. The van der Waals surface area contributed by atoms with Gasteiger partial charge in [-0.2, -0.15) is 0 Å². The molecule has 0 aliphatic heterocycles. The molecule has 0 aromatic heterocycles. The molecule has 0 saturated carbocycles. The molecule has 2 unspecified atom stereocenters. The predicted octanol–water partition coefficient (Wildman–Crippen LogP) is 2.57. The predicted molar refractivity (Wildman–Crippen MR) is 71.2 cm³/mol. The third-order valence-electron chi connectivity index (χ3n) is 3.41. The first kappa shape index (κ1) is 14.7. The summed E-state index contributed by atoms with van der Waals surface area (Å²) in [5.74, 6) is -0.804. The Labute approximate surface area is 109 Å². The maximum atomic E-state index is 11.6. The fraction of sp³-hybridized carbons (Fsp3) is 0.533. The highest BCUT2D eigenvalue weighted by molar-refractivity contribution is 5.73. The van der Waals surface area contributed by atoms with Crippen LogP contribution in [0.2, 0.25) is 0 Å². The smallest absolute Gasteiger partial charge is 0.311 e. The lowest BCUT2D eigenvalue weighted by Gasteiger charge is -2.30. The van der Waals surface area contributed by atoms with Crippen molar-refractivity contribution >= 4 is 5.97 Å². The number of hydrogen-bond acceptors (Lipinski definition) is 3. The topological polar surface area (TPSA) is 46.5 Å². The number of methoxy groups -OCH3 is 1. The Morgan fingerprint density at radius 3 is 2.50 bits per heavy atom. The van der Waals surface area contributed by atoms with E-state index in [0.717, 1.165) is 12.0 Å². The zero-order chi connectivity index (χ0) is 13.6. The number of hydrogen-bond donors (Lipinski definition) is 1. The molecule has 0 radical (unpaired) electrons. The Kier molecular flexibility index (Phi) is 5.35. The number of carbonyl (C=O) groups excluding carboxylic acids is 1. The van der Waals surface area contributed by atoms with Crippen molar-refractivity contribution in [2.24, 2.45) is 5.92 Å². The van der Waals surface area contributed by atoms with Gasteiger partial charge in [0.1, 0.15) is 0 Å². The molecule has 0 aliphatic rings. The van der Waals surface area contributed by atoms with Gasteiger partial charge in [0.05, 0.1) is 18.6 Å². The van der Waals surface area contributed by atoms with Gasteiger partial charge in [0.2, 0.25) is 0 Å². The molecule has 1 aromatic rings. The highest BCUT2D eigenvalue weighted by atomic mass is 16.5. The first-order chi connectivity index (χ1) is 8.51. The van der Waals surface area contributed by atoms with Gasteiger partial charge in [-0.05, 0) is 31.7 Å². The molecule has 0 bridgehead atoms. The Bertz CT molecular complexity index is 371. The Morgan fingerprint density at radius 1 is 1.39 bits per heavy atom. The molecule has 2 atom stereocenters. The average Bonchev–Trinajstić information content (AvgIpc) is 2.38. The minimum absolute atomic E-state index is 0.337. The highest BCUT2D eigenvalue weighted by Gasteiger charge is 2.36. The van der Waals surface area contributed by atoms with E-state index in [4.69, 9.17) is 4.74 Å². The van der Waals surface area contributed by atoms with Crippen LogP contribution in [0.4, 0.5) is 0 Å². The van der Waals surface area contributed by atoms with Gasteiger partial charge in [0.25, 0.3) is 0 Å². The summed E-state index contributed by atoms with van der Waals surface area (Å²) in [6.45, 7) is 3.60. The summed E-state index contributed by atoms with van der Waals surface area (Å²) in [5.41, 5.74) is 0.134. The molecular formula is C15H22O3. The van der Waals surface area contributed by atoms with E-state index < -0.39 is 11.5 Å². The van der Waals surface area contributed by atoms with Gasteiger partial charge in [0, 0.05) is 0 Å². The van der Waals surface area contributed by atoms with Crippen molar-refractivity contribution in [3.05, 3.63) is 35.9 Å². The Morgan fingerprint density at radius 2 is 2.00 bits per heavy atom. The van der Waals surface area contributed by atoms with Crippen LogP contribution in [0.3, 0.4) is 0 Å². The average molecular weight is 250 g/mol. The van der Waals surface area contributed by atoms with Crippen LogP contribution in [0.5, 0.6) is 0 Å². The number of rotatable bonds is 6. The first-order valence-electron chi connectivity index (χ1n) is 6.35. The zero-order valence-electron chi connectivity index (χ0n) is 11.3. The maximum absolute atomic E-state index is 11.6. The Balaban J connectivity index is 2.65. The monoisotopic (exact) mass is 250 g/mol. The number of esters is 1. The van der Waals surface area contributed by atoms with Crippen molar-refractivity contribution in [2.45, 2.75) is 38.7 Å². The number of benzene rings is 1. The van der Waals surface area contributed by atoms with E-state index in [2.05, 4.69) is 0 Å². The third kappa shape index (κ3) is 3.84. The fourth-order valence-corrected chi connectivity index (χ4v) is 2.22. The van der Waals surface area contributed by atoms with Crippen molar-refractivity contribution < 1.29 is 14.6 Å². The van der Waals surface area contributed by atoms with Gasteiger partial charge in [-0.3, -0.25) is 4.79 Å². The van der Waals surface area contributed by atoms with Crippen LogP contribution in [-0.2, 0) is 16.0 Å². The molecule has 1 aromatic carbocycles. The second kappa shape index (κ2) is 6.55. The number of aryl methyl sites for hydroxylation is 1. The number of aliphatic hydroxyl groups is 1. The van der Waals surface area contributed by atoms with E-state index in [1.54, 1.807) is 6.92 Å². The van der Waals surface area contributed by atoms with Crippen LogP contribution in [0.15, 0.2) is 30.3 Å². The second-order valence-corrected chi connectivity index (χ2v) is 4.83. The Hall–Kier alpha value is -1.35. The summed E-state index contributed by atoms with van der Waals surface area (Å²) >= 11 is 0. The highest BCUT2D eigenvalue weighted by Crippen LogP contribution is 2.27. The normalized spacial score (nSPS) is 15.8. The lowest BCUT2D eigenvalue weighted by molar-refractivity contribution is -0.155. The van der Waals surface area contributed by atoms with Crippen molar-refractivity contribution in [1.82, 2.24) is 0 Å². The summed E-state index contributed by atoms with van der Waals surface area (Å²) in [6.07, 6.45) is 1.88. The lowest BCUT2D eigenvalue weighted by Crippen LogP contribution is -2.40. The van der Waals surface area contributed by atoms with E-state index in [0.29, 0.717) is 12.8 Å². The van der Waals surface area contributed by atoms with E-state index in [1.165, 1.54) is 7.11 Å². The summed E-state index contributed by atoms with van der Waals surface area (Å²) in [7, 11) is 1.36. The van der Waals surface area contributed by atoms with Crippen LogP contribution in [0.1, 0.15) is 32.3 Å². The van der Waals surface area contributed by atoms with E-state index in [-0.39, 0.29) is 5.97 Å². The molecule has 0 fully saturated rings. The van der Waals surface area contributed by atoms with Crippen LogP contribution in [0.25, 0.3) is 0 Å². The van der Waals surface area contributed by atoms with E-state index in [9.17, 15) is 9.90 Å². The summed E-state index contributed by atoms with van der Waals surface area (Å²) in [5, 5.41) is 10.4. The quantitative estimate of drug-likeness (QED) is 0.789. The standard InChI is InChI=1S/C15H22O3/c1-4-13(14(16)18-3)15(2,17)11-10-12-8-6-5-7-9-12/h5-9,13,17H,4,10-11H2,1-3H3. The van der Waals surface area contributed by atoms with Gasteiger partial charge < -0.3 is 9.84 Å². The van der Waals surface area contributed by atoms with Crippen LogP contribution >= 0.6 is 0 Å². The van der Waals surface area contributed by atoms with Gasteiger partial charge in [-0.25, -0.2) is 0 Å². The van der Waals surface area contributed by atoms with Crippen molar-refractivity contribution in [2.75, 3.05) is 7.11 Å². The van der Waals surface area contributed by atoms with Gasteiger partial charge in [-0.1, -0.05) is 37.3 Å². The minimum atomic E-state index is -1.03. The van der Waals surface area contributed by atoms with Gasteiger partial charge in [-0.15, -0.1) is 0 Å². The molecule has 3 nitrogen and oxygen atoms in total. The van der Waals surface area contributed by atoms with E-state index >= 15 is 0 Å². The minimum Gasteiger partial charge on any atom is -0.469 e. The molecule has 3 heteroatoms. The van der Waals surface area contributed by atoms with Crippen LogP contribution in [-0.4, -0.2) is 23.8 Å². The summed E-state index contributed by atoms with van der Waals surface area (Å²) < 4.78 is 4.74. The van der Waals surface area contributed by atoms with Crippen LogP contribution < -0.4 is 0 Å². The molecule has 18 heavy (non-hydrogen) atoms. The molecule has 1 N–H and O–H groups in total. The molecule has 0 spiro atoms. The number of ether oxygens (including phenoxy) is 1. The molecule has 0 heterocycles. The van der Waals surface area contributed by atoms with Crippen molar-refractivity contribution in [3.63, 3.8) is 0 Å². The molecule has 0 aliphatic carbocycles. The van der Waals surface area contributed by atoms with E-state index in [1.807, 2.05) is 37.3 Å². The van der Waals surface area contributed by atoms with Crippen molar-refractivity contribution in [3.8, 4) is 0 Å². The fourth-order valence-electron chi connectivity index (χ4n) is 2.22. The van der Waals surface area contributed by atoms with Gasteiger partial charge in [0.15, 0.2) is 0 Å². The molecular weight excluding hydrogens is 228 g/mol. The zero-order valence-corrected chi connectivity index (χ0v) is 11.3. The summed E-state index contributed by atoms with van der Waals surface area (Å²) in [6, 6.07) is 9.96. The summed E-state index contributed by atoms with van der Waals surface area (Å²) in [4.78, 5) is 11.6. The lowest BCUT2D eigenvalue weighted by atomic mass is 9.82. The number of carbonyl (C=O) groups is 1. The molecule has 0 amide bonds.